The van der Waals surface area contributed by atoms with E-state index < -0.39 is 29.6 Å². The van der Waals surface area contributed by atoms with Crippen LogP contribution < -0.4 is 10.2 Å². The number of hydrogen-bond acceptors (Lipinski definition) is 4. The number of anilines is 1. The minimum Gasteiger partial charge on any atom is -0.293 e. The summed E-state index contributed by atoms with van der Waals surface area (Å²) in [7, 11) is 0. The fourth-order valence-corrected chi connectivity index (χ4v) is 2.76. The summed E-state index contributed by atoms with van der Waals surface area (Å²) in [6, 6.07) is 4.19. The van der Waals surface area contributed by atoms with Gasteiger partial charge in [-0.1, -0.05) is 38.7 Å². The molecule has 1 aliphatic rings. The molecule has 0 saturated carbocycles. The largest absolute Gasteiger partial charge is 0.335 e. The molecule has 0 radical (unpaired) electrons. The Morgan fingerprint density at radius 1 is 1.27 bits per heavy atom. The Balaban J connectivity index is 2.08. The maximum atomic E-state index is 13.4. The highest BCUT2D eigenvalue weighted by molar-refractivity contribution is 6.32. The molecule has 1 unspecified atom stereocenters. The van der Waals surface area contributed by atoms with Crippen molar-refractivity contribution in [3.63, 3.8) is 0 Å². The number of aliphatic imine (C=N–C) groups is 1. The second-order valence-corrected chi connectivity index (χ2v) is 6.42. The number of amides is 4. The zero-order valence-electron chi connectivity index (χ0n) is 15.1. The molecule has 140 valence electrons. The summed E-state index contributed by atoms with van der Waals surface area (Å²) in [5.41, 5.74) is 0.0750. The highest BCUT2D eigenvalue weighted by Crippen LogP contribution is 2.21. The first kappa shape index (κ1) is 19.8. The normalized spacial score (nSPS) is 19.1. The second kappa shape index (κ2) is 9.22. The zero-order valence-corrected chi connectivity index (χ0v) is 15.1. The number of imide groups is 2. The molecule has 0 bridgehead atoms. The molecular weight excluding hydrogens is 337 g/mol. The van der Waals surface area contributed by atoms with Crippen LogP contribution >= 0.6 is 0 Å². The summed E-state index contributed by atoms with van der Waals surface area (Å²) in [4.78, 5) is 41.7. The number of halogens is 1. The fourth-order valence-electron chi connectivity index (χ4n) is 2.76. The molecule has 6 nitrogen and oxygen atoms in total. The Morgan fingerprint density at radius 3 is 2.73 bits per heavy atom. The van der Waals surface area contributed by atoms with Gasteiger partial charge in [-0.05, 0) is 31.5 Å². The highest BCUT2D eigenvalue weighted by Gasteiger charge is 2.40. The predicted molar refractivity (Wildman–Crippen MR) is 97.6 cm³/mol. The van der Waals surface area contributed by atoms with Crippen LogP contribution in [0.5, 0.6) is 0 Å². The van der Waals surface area contributed by atoms with Gasteiger partial charge in [-0.3, -0.25) is 19.9 Å². The Morgan fingerprint density at radius 2 is 2.04 bits per heavy atom. The minimum absolute atomic E-state index is 0.0206. The van der Waals surface area contributed by atoms with Crippen LogP contribution in [0.3, 0.4) is 0 Å². The van der Waals surface area contributed by atoms with Gasteiger partial charge >= 0.3 is 6.03 Å². The number of urea groups is 1. The van der Waals surface area contributed by atoms with Crippen LogP contribution in [-0.2, 0) is 9.59 Å². The molecule has 1 saturated heterocycles. The Hall–Kier alpha value is -2.57. The quantitative estimate of drug-likeness (QED) is 0.437. The lowest BCUT2D eigenvalue weighted by Gasteiger charge is -2.28. The smallest absolute Gasteiger partial charge is 0.293 e. The van der Waals surface area contributed by atoms with E-state index in [4.69, 9.17) is 0 Å². The van der Waals surface area contributed by atoms with Crippen molar-refractivity contribution in [1.29, 1.82) is 0 Å². The molecule has 4 amide bonds. The molecule has 7 heteroatoms. The van der Waals surface area contributed by atoms with E-state index in [9.17, 15) is 18.8 Å². The monoisotopic (exact) mass is 361 g/mol. The summed E-state index contributed by atoms with van der Waals surface area (Å²) in [6.07, 6.45) is 6.64. The van der Waals surface area contributed by atoms with Gasteiger partial charge in [0.05, 0.1) is 5.69 Å². The van der Waals surface area contributed by atoms with Crippen LogP contribution in [0.4, 0.5) is 14.9 Å². The van der Waals surface area contributed by atoms with Gasteiger partial charge < -0.3 is 0 Å². The number of hydrogen-bond donors (Lipinski definition) is 1. The number of carbonyl (C=O) groups excluding carboxylic acids is 3. The zero-order chi connectivity index (χ0) is 19.1. The van der Waals surface area contributed by atoms with Crippen molar-refractivity contribution in [2.45, 2.75) is 52.0 Å². The Labute approximate surface area is 152 Å². The molecule has 1 fully saturated rings. The van der Waals surface area contributed by atoms with Crippen molar-refractivity contribution in [2.24, 2.45) is 10.9 Å². The molecule has 2 atom stereocenters. The molecule has 1 heterocycles. The average Bonchev–Trinajstić information content (AvgIpc) is 2.58. The molecule has 1 N–H and O–H groups in total. The van der Waals surface area contributed by atoms with Crippen LogP contribution in [-0.4, -0.2) is 30.1 Å². The van der Waals surface area contributed by atoms with Gasteiger partial charge in [-0.15, -0.1) is 0 Å². The lowest BCUT2D eigenvalue weighted by Crippen LogP contribution is -2.58. The van der Waals surface area contributed by atoms with Crippen molar-refractivity contribution in [1.82, 2.24) is 5.32 Å². The van der Waals surface area contributed by atoms with E-state index in [0.29, 0.717) is 0 Å². The van der Waals surface area contributed by atoms with E-state index in [1.807, 2.05) is 6.92 Å². The standard InChI is InChI=1S/C19H24FN3O3/c1-3-4-5-6-8-13(2)21-12-16-17(24)22-19(26)23(18(16)25)15-10-7-9-14(20)11-15/h7,9-13,16H,3-6,8H2,1-2H3,(H,22,24,26)/t13-,16?/m0/s1. The predicted octanol–water partition coefficient (Wildman–Crippen LogP) is 3.45. The number of carbonyl (C=O) groups is 3. The third-order valence-electron chi connectivity index (χ3n) is 4.23. The van der Waals surface area contributed by atoms with E-state index in [2.05, 4.69) is 17.2 Å². The summed E-state index contributed by atoms with van der Waals surface area (Å²) in [6.45, 7) is 4.06. The van der Waals surface area contributed by atoms with Crippen molar-refractivity contribution in [3.8, 4) is 0 Å². The topological polar surface area (TPSA) is 78.8 Å². The third kappa shape index (κ3) is 4.97. The number of nitrogens with zero attached hydrogens (tertiary/aromatic N) is 2. The lowest BCUT2D eigenvalue weighted by molar-refractivity contribution is -0.131. The van der Waals surface area contributed by atoms with Crippen molar-refractivity contribution in [2.75, 3.05) is 4.90 Å². The third-order valence-corrected chi connectivity index (χ3v) is 4.23. The molecule has 1 aromatic carbocycles. The first-order valence-electron chi connectivity index (χ1n) is 8.91. The SMILES string of the molecule is CCCCCC[C@H](C)N=CC1C(=O)NC(=O)N(c2cccc(F)c2)C1=O. The number of rotatable bonds is 8. The van der Waals surface area contributed by atoms with E-state index >= 15 is 0 Å². The van der Waals surface area contributed by atoms with E-state index in [0.717, 1.165) is 36.6 Å². The molecule has 1 aromatic rings. The number of unbranched alkanes of at least 4 members (excludes halogenated alkanes) is 3. The van der Waals surface area contributed by atoms with Crippen LogP contribution in [0.25, 0.3) is 0 Å². The Kier molecular flexibility index (Phi) is 7.00. The van der Waals surface area contributed by atoms with Crippen molar-refractivity contribution in [3.05, 3.63) is 30.1 Å². The summed E-state index contributed by atoms with van der Waals surface area (Å²) >= 11 is 0. The summed E-state index contributed by atoms with van der Waals surface area (Å²) in [5.74, 6) is -3.22. The van der Waals surface area contributed by atoms with Gasteiger partial charge in [0.15, 0.2) is 5.92 Å². The highest BCUT2D eigenvalue weighted by atomic mass is 19.1. The van der Waals surface area contributed by atoms with E-state index in [1.165, 1.54) is 30.8 Å². The Bertz CT molecular complexity index is 705. The minimum atomic E-state index is -1.20. The van der Waals surface area contributed by atoms with E-state index in [-0.39, 0.29) is 11.7 Å². The van der Waals surface area contributed by atoms with Gasteiger partial charge in [0.2, 0.25) is 5.91 Å². The number of barbiturate groups is 1. The summed E-state index contributed by atoms with van der Waals surface area (Å²) in [5, 5.41) is 2.12. The van der Waals surface area contributed by atoms with Crippen LogP contribution in [0.2, 0.25) is 0 Å². The second-order valence-electron chi connectivity index (χ2n) is 6.42. The van der Waals surface area contributed by atoms with E-state index in [1.54, 1.807) is 0 Å². The molecule has 0 spiro atoms. The number of nitrogens with one attached hydrogen (secondary N) is 1. The fraction of sp³-hybridized carbons (Fsp3) is 0.474. The number of benzene rings is 1. The van der Waals surface area contributed by atoms with Crippen molar-refractivity contribution < 1.29 is 18.8 Å². The molecule has 26 heavy (non-hydrogen) atoms. The molecule has 1 aliphatic heterocycles. The first-order valence-corrected chi connectivity index (χ1v) is 8.91. The van der Waals surface area contributed by atoms with Crippen LogP contribution in [0, 0.1) is 11.7 Å². The van der Waals surface area contributed by atoms with Gasteiger partial charge in [0.25, 0.3) is 5.91 Å². The average molecular weight is 361 g/mol. The first-order chi connectivity index (χ1) is 12.4. The van der Waals surface area contributed by atoms with Gasteiger partial charge in [0.1, 0.15) is 5.82 Å². The summed E-state index contributed by atoms with van der Waals surface area (Å²) < 4.78 is 13.4. The molecular formula is C19H24FN3O3. The maximum absolute atomic E-state index is 13.4. The van der Waals surface area contributed by atoms with Gasteiger partial charge in [0, 0.05) is 12.3 Å². The van der Waals surface area contributed by atoms with Crippen LogP contribution in [0.1, 0.15) is 46.0 Å². The van der Waals surface area contributed by atoms with Crippen LogP contribution in [0.15, 0.2) is 29.3 Å². The molecule has 2 rings (SSSR count). The van der Waals surface area contributed by atoms with Gasteiger partial charge in [-0.25, -0.2) is 14.1 Å². The maximum Gasteiger partial charge on any atom is 0.335 e. The van der Waals surface area contributed by atoms with Crippen molar-refractivity contribution >= 4 is 29.7 Å². The lowest BCUT2D eigenvalue weighted by atomic mass is 10.0. The van der Waals surface area contributed by atoms with Gasteiger partial charge in [-0.2, -0.15) is 0 Å². The molecule has 0 aliphatic carbocycles. The molecule has 0 aromatic heterocycles.